The molecule has 6 nitrogen and oxygen atoms in total. The molecule has 1 aromatic heterocycles. The van der Waals surface area contributed by atoms with Crippen molar-refractivity contribution in [2.75, 3.05) is 33.7 Å². The highest BCUT2D eigenvalue weighted by Crippen LogP contribution is 2.42. The van der Waals surface area contributed by atoms with Crippen LogP contribution >= 0.6 is 0 Å². The van der Waals surface area contributed by atoms with Crippen LogP contribution in [0.1, 0.15) is 25.1 Å². The van der Waals surface area contributed by atoms with Crippen LogP contribution in [0.3, 0.4) is 0 Å². The molecule has 6 heteroatoms. The van der Waals surface area contributed by atoms with Crippen molar-refractivity contribution in [3.05, 3.63) is 5.82 Å². The Labute approximate surface area is 121 Å². The monoisotopic (exact) mass is 278 g/mol. The molecule has 2 atom stereocenters. The number of nitrogens with zero attached hydrogens (tertiary/aromatic N) is 6. The molecule has 0 unspecified atom stereocenters. The SMILES string of the molecule is Cc1nnnn1CCCN1C[C@@H](N(C)C)[C@H](C2CC2)C1. The molecule has 0 bridgehead atoms. The van der Waals surface area contributed by atoms with Crippen molar-refractivity contribution in [2.45, 2.75) is 38.8 Å². The van der Waals surface area contributed by atoms with Gasteiger partial charge in [0, 0.05) is 25.7 Å². The van der Waals surface area contributed by atoms with Gasteiger partial charge in [-0.3, -0.25) is 0 Å². The van der Waals surface area contributed by atoms with E-state index >= 15 is 0 Å². The Hall–Kier alpha value is -1.01. The van der Waals surface area contributed by atoms with Crippen LogP contribution < -0.4 is 0 Å². The fourth-order valence-electron chi connectivity index (χ4n) is 3.51. The highest BCUT2D eigenvalue weighted by atomic mass is 15.5. The third-order valence-electron chi connectivity index (χ3n) is 4.85. The van der Waals surface area contributed by atoms with Gasteiger partial charge in [-0.1, -0.05) is 0 Å². The van der Waals surface area contributed by atoms with E-state index in [1.807, 2.05) is 11.6 Å². The van der Waals surface area contributed by atoms with Crippen molar-refractivity contribution in [3.8, 4) is 0 Å². The smallest absolute Gasteiger partial charge is 0.148 e. The summed E-state index contributed by atoms with van der Waals surface area (Å²) in [4.78, 5) is 5.06. The lowest BCUT2D eigenvalue weighted by Gasteiger charge is -2.25. The summed E-state index contributed by atoms with van der Waals surface area (Å²) in [7, 11) is 4.46. The summed E-state index contributed by atoms with van der Waals surface area (Å²) < 4.78 is 1.90. The van der Waals surface area contributed by atoms with Crippen LogP contribution in [0.15, 0.2) is 0 Å². The van der Waals surface area contributed by atoms with Gasteiger partial charge in [0.2, 0.25) is 0 Å². The number of hydrogen-bond donors (Lipinski definition) is 0. The molecular formula is C14H26N6. The molecular weight excluding hydrogens is 252 g/mol. The van der Waals surface area contributed by atoms with Crippen molar-refractivity contribution >= 4 is 0 Å². The van der Waals surface area contributed by atoms with E-state index in [4.69, 9.17) is 0 Å². The highest BCUT2D eigenvalue weighted by Gasteiger charge is 2.42. The minimum atomic E-state index is 0.747. The maximum Gasteiger partial charge on any atom is 0.148 e. The van der Waals surface area contributed by atoms with E-state index in [0.717, 1.165) is 43.2 Å². The molecule has 0 spiro atoms. The minimum absolute atomic E-state index is 0.747. The number of tetrazole rings is 1. The minimum Gasteiger partial charge on any atom is -0.305 e. The molecule has 3 rings (SSSR count). The molecule has 0 aromatic carbocycles. The van der Waals surface area contributed by atoms with Crippen molar-refractivity contribution in [2.24, 2.45) is 11.8 Å². The van der Waals surface area contributed by atoms with Crippen molar-refractivity contribution < 1.29 is 0 Å². The number of rotatable bonds is 6. The molecule has 1 aromatic rings. The zero-order valence-corrected chi connectivity index (χ0v) is 12.9. The maximum absolute atomic E-state index is 4.01. The first-order chi connectivity index (χ1) is 9.65. The van der Waals surface area contributed by atoms with Crippen LogP contribution in [0.25, 0.3) is 0 Å². The normalized spacial score (nSPS) is 27.6. The third-order valence-corrected chi connectivity index (χ3v) is 4.85. The standard InChI is InChI=1S/C14H26N6/c1-11-15-16-17-20(11)8-4-7-19-9-13(12-5-6-12)14(10-19)18(2)3/h12-14H,4-10H2,1-3H3/t13-,14+/m0/s1. The average Bonchev–Trinajstić information content (AvgIpc) is 3.04. The second-order valence-corrected chi connectivity index (χ2v) is 6.59. The van der Waals surface area contributed by atoms with E-state index < -0.39 is 0 Å². The van der Waals surface area contributed by atoms with Gasteiger partial charge in [-0.05, 0) is 69.1 Å². The van der Waals surface area contributed by atoms with Crippen LogP contribution in [0.5, 0.6) is 0 Å². The first-order valence-electron chi connectivity index (χ1n) is 7.76. The van der Waals surface area contributed by atoms with Gasteiger partial charge in [-0.2, -0.15) is 0 Å². The molecule has 1 aliphatic heterocycles. The summed E-state index contributed by atoms with van der Waals surface area (Å²) >= 11 is 0. The van der Waals surface area contributed by atoms with Crippen LogP contribution in [-0.4, -0.2) is 69.8 Å². The third kappa shape index (κ3) is 3.01. The Bertz CT molecular complexity index is 429. The largest absolute Gasteiger partial charge is 0.305 e. The Balaban J connectivity index is 1.48. The lowest BCUT2D eigenvalue weighted by Crippen LogP contribution is -2.36. The van der Waals surface area contributed by atoms with Gasteiger partial charge in [-0.25, -0.2) is 4.68 Å². The van der Waals surface area contributed by atoms with Crippen LogP contribution in [0.2, 0.25) is 0 Å². The molecule has 2 heterocycles. The molecule has 0 N–H and O–H groups in total. The van der Waals surface area contributed by atoms with E-state index in [2.05, 4.69) is 39.4 Å². The summed E-state index contributed by atoms with van der Waals surface area (Å²) in [5.74, 6) is 2.79. The van der Waals surface area contributed by atoms with Crippen molar-refractivity contribution in [1.29, 1.82) is 0 Å². The summed E-state index contributed by atoms with van der Waals surface area (Å²) in [5, 5.41) is 11.6. The summed E-state index contributed by atoms with van der Waals surface area (Å²) in [6, 6.07) is 0.747. The Morgan fingerprint density at radius 2 is 2.00 bits per heavy atom. The van der Waals surface area contributed by atoms with Crippen molar-refractivity contribution in [1.82, 2.24) is 30.0 Å². The fourth-order valence-corrected chi connectivity index (χ4v) is 3.51. The number of aromatic nitrogens is 4. The van der Waals surface area contributed by atoms with Crippen molar-refractivity contribution in [3.63, 3.8) is 0 Å². The highest BCUT2D eigenvalue weighted by molar-refractivity contribution is 4.96. The molecule has 1 saturated heterocycles. The van der Waals surface area contributed by atoms with Crippen LogP contribution in [-0.2, 0) is 6.54 Å². The van der Waals surface area contributed by atoms with E-state index in [1.54, 1.807) is 0 Å². The van der Waals surface area contributed by atoms with Gasteiger partial charge in [0.15, 0.2) is 0 Å². The Morgan fingerprint density at radius 1 is 1.20 bits per heavy atom. The zero-order valence-electron chi connectivity index (χ0n) is 12.9. The Kier molecular flexibility index (Phi) is 4.03. The molecule has 112 valence electrons. The maximum atomic E-state index is 4.01. The van der Waals surface area contributed by atoms with Gasteiger partial charge < -0.3 is 9.80 Å². The van der Waals surface area contributed by atoms with Gasteiger partial charge in [0.1, 0.15) is 5.82 Å². The lowest BCUT2D eigenvalue weighted by atomic mass is 9.97. The van der Waals surface area contributed by atoms with Gasteiger partial charge in [-0.15, -0.1) is 5.10 Å². The average molecular weight is 278 g/mol. The second kappa shape index (κ2) is 5.77. The summed E-state index contributed by atoms with van der Waals surface area (Å²) in [6.07, 6.45) is 4.03. The van der Waals surface area contributed by atoms with E-state index in [9.17, 15) is 0 Å². The van der Waals surface area contributed by atoms with Gasteiger partial charge in [0.05, 0.1) is 0 Å². The van der Waals surface area contributed by atoms with E-state index in [1.165, 1.54) is 25.9 Å². The van der Waals surface area contributed by atoms with Gasteiger partial charge >= 0.3 is 0 Å². The molecule has 0 radical (unpaired) electrons. The number of likely N-dealkylation sites (tertiary alicyclic amines) is 1. The molecule has 20 heavy (non-hydrogen) atoms. The summed E-state index contributed by atoms with van der Waals surface area (Å²) in [5.41, 5.74) is 0. The predicted octanol–water partition coefficient (Wildman–Crippen LogP) is 0.644. The topological polar surface area (TPSA) is 50.1 Å². The van der Waals surface area contributed by atoms with Crippen LogP contribution in [0, 0.1) is 18.8 Å². The first kappa shape index (κ1) is 13.9. The molecule has 1 saturated carbocycles. The first-order valence-corrected chi connectivity index (χ1v) is 7.76. The number of hydrogen-bond acceptors (Lipinski definition) is 5. The Morgan fingerprint density at radius 3 is 2.60 bits per heavy atom. The van der Waals surface area contributed by atoms with Gasteiger partial charge in [0.25, 0.3) is 0 Å². The van der Waals surface area contributed by atoms with E-state index in [-0.39, 0.29) is 0 Å². The quantitative estimate of drug-likeness (QED) is 0.764. The second-order valence-electron chi connectivity index (χ2n) is 6.59. The zero-order chi connectivity index (χ0) is 14.1. The fraction of sp³-hybridized carbons (Fsp3) is 0.929. The molecule has 2 aliphatic rings. The number of likely N-dealkylation sites (N-methyl/N-ethyl adjacent to an activating group) is 1. The lowest BCUT2D eigenvalue weighted by molar-refractivity contribution is 0.233. The summed E-state index contributed by atoms with van der Waals surface area (Å²) in [6.45, 7) is 6.55. The molecule has 0 amide bonds. The molecule has 1 aliphatic carbocycles. The molecule has 2 fully saturated rings. The number of aryl methyl sites for hydroxylation is 2. The van der Waals surface area contributed by atoms with E-state index in [0.29, 0.717) is 0 Å². The predicted molar refractivity (Wildman–Crippen MR) is 77.3 cm³/mol. The van der Waals surface area contributed by atoms with Crippen LogP contribution in [0.4, 0.5) is 0 Å².